The Labute approximate surface area is 124 Å². The van der Waals surface area contributed by atoms with Crippen molar-refractivity contribution in [3.63, 3.8) is 0 Å². The topological polar surface area (TPSA) is 74.7 Å². The van der Waals surface area contributed by atoms with Gasteiger partial charge in [0, 0.05) is 6.42 Å². The average Bonchev–Trinajstić information content (AvgIpc) is 2.72. The maximum atomic E-state index is 12.2. The maximum Gasteiger partial charge on any atom is 0.303 e. The first-order chi connectivity index (χ1) is 9.97. The standard InChI is InChI=1S/C15H19NO4S/c17-15(18)9-11-5-7-16(8-6-11)13-10-21(19,20)14-4-2-1-3-12(13)14/h1-4,11,13H,5-10H2,(H,17,18). The molecule has 2 heterocycles. The number of hydrogen-bond acceptors (Lipinski definition) is 4. The van der Waals surface area contributed by atoms with E-state index in [-0.39, 0.29) is 24.1 Å². The number of sulfone groups is 1. The van der Waals surface area contributed by atoms with E-state index >= 15 is 0 Å². The minimum absolute atomic E-state index is 0.0722. The third-order valence-corrected chi connectivity index (χ3v) is 6.34. The molecule has 0 radical (unpaired) electrons. The summed E-state index contributed by atoms with van der Waals surface area (Å²) in [4.78, 5) is 13.4. The lowest BCUT2D eigenvalue weighted by molar-refractivity contribution is -0.138. The quantitative estimate of drug-likeness (QED) is 0.920. The van der Waals surface area contributed by atoms with Crippen LogP contribution in [0.1, 0.15) is 30.9 Å². The van der Waals surface area contributed by atoms with Crippen LogP contribution in [-0.2, 0) is 14.6 Å². The van der Waals surface area contributed by atoms with Crippen molar-refractivity contribution < 1.29 is 18.3 Å². The van der Waals surface area contributed by atoms with Gasteiger partial charge >= 0.3 is 5.97 Å². The third-order valence-electron chi connectivity index (χ3n) is 4.54. The van der Waals surface area contributed by atoms with Crippen LogP contribution < -0.4 is 0 Å². The molecular weight excluding hydrogens is 290 g/mol. The predicted molar refractivity (Wildman–Crippen MR) is 77.8 cm³/mol. The molecule has 6 heteroatoms. The zero-order valence-electron chi connectivity index (χ0n) is 11.7. The summed E-state index contributed by atoms with van der Waals surface area (Å²) in [6.45, 7) is 1.54. The van der Waals surface area contributed by atoms with Crippen molar-refractivity contribution in [1.82, 2.24) is 4.90 Å². The van der Waals surface area contributed by atoms with Crippen molar-refractivity contribution in [1.29, 1.82) is 0 Å². The molecule has 0 amide bonds. The largest absolute Gasteiger partial charge is 0.481 e. The van der Waals surface area contributed by atoms with Crippen molar-refractivity contribution in [2.24, 2.45) is 5.92 Å². The minimum Gasteiger partial charge on any atom is -0.481 e. The number of piperidine rings is 1. The second-order valence-corrected chi connectivity index (χ2v) is 7.91. The summed E-state index contributed by atoms with van der Waals surface area (Å²) in [5.41, 5.74) is 0.897. The lowest BCUT2D eigenvalue weighted by Crippen LogP contribution is -2.38. The number of carboxylic acid groups (broad SMARTS) is 1. The fourth-order valence-corrected chi connectivity index (χ4v) is 5.28. The Bertz CT molecular complexity index is 647. The second-order valence-electron chi connectivity index (χ2n) is 5.91. The van der Waals surface area contributed by atoms with Crippen LogP contribution >= 0.6 is 0 Å². The number of benzene rings is 1. The van der Waals surface area contributed by atoms with Crippen LogP contribution in [0.25, 0.3) is 0 Å². The summed E-state index contributed by atoms with van der Waals surface area (Å²) in [7, 11) is -3.17. The zero-order chi connectivity index (χ0) is 15.0. The molecule has 0 aliphatic carbocycles. The Balaban J connectivity index is 1.74. The predicted octanol–water partition coefficient (Wildman–Crippen LogP) is 1.70. The van der Waals surface area contributed by atoms with E-state index in [1.165, 1.54) is 0 Å². The summed E-state index contributed by atoms with van der Waals surface area (Å²) in [5.74, 6) is -0.384. The Kier molecular flexibility index (Phi) is 3.75. The zero-order valence-corrected chi connectivity index (χ0v) is 12.6. The van der Waals surface area contributed by atoms with Gasteiger partial charge in [0.25, 0.3) is 0 Å². The third kappa shape index (κ3) is 2.82. The van der Waals surface area contributed by atoms with Gasteiger partial charge in [-0.1, -0.05) is 18.2 Å². The highest BCUT2D eigenvalue weighted by molar-refractivity contribution is 7.91. The molecule has 1 N–H and O–H groups in total. The molecule has 1 saturated heterocycles. The fourth-order valence-electron chi connectivity index (χ4n) is 3.44. The number of fused-ring (bicyclic) bond motifs is 1. The Morgan fingerprint density at radius 2 is 1.90 bits per heavy atom. The van der Waals surface area contributed by atoms with E-state index in [4.69, 9.17) is 5.11 Å². The molecule has 1 aromatic carbocycles. The van der Waals surface area contributed by atoms with Crippen LogP contribution in [0, 0.1) is 5.92 Å². The van der Waals surface area contributed by atoms with Crippen molar-refractivity contribution in [2.75, 3.05) is 18.8 Å². The first kappa shape index (κ1) is 14.5. The maximum absolute atomic E-state index is 12.2. The summed E-state index contributed by atoms with van der Waals surface area (Å²) in [6.07, 6.45) is 1.86. The summed E-state index contributed by atoms with van der Waals surface area (Å²) < 4.78 is 24.4. The molecular formula is C15H19NO4S. The van der Waals surface area contributed by atoms with Gasteiger partial charge in [-0.25, -0.2) is 8.42 Å². The highest BCUT2D eigenvalue weighted by atomic mass is 32.2. The Morgan fingerprint density at radius 3 is 2.57 bits per heavy atom. The summed E-state index contributed by atoms with van der Waals surface area (Å²) in [5, 5.41) is 8.85. The molecule has 2 aliphatic rings. The molecule has 3 rings (SSSR count). The number of likely N-dealkylation sites (tertiary alicyclic amines) is 1. The van der Waals surface area contributed by atoms with Gasteiger partial charge in [0.2, 0.25) is 0 Å². The van der Waals surface area contributed by atoms with E-state index in [0.717, 1.165) is 31.5 Å². The van der Waals surface area contributed by atoms with Gasteiger partial charge in [-0.3, -0.25) is 9.69 Å². The number of rotatable bonds is 3. The first-order valence-corrected chi connectivity index (χ1v) is 8.90. The Morgan fingerprint density at radius 1 is 1.24 bits per heavy atom. The van der Waals surface area contributed by atoms with E-state index in [2.05, 4.69) is 4.90 Å². The molecule has 0 spiro atoms. The average molecular weight is 309 g/mol. The molecule has 5 nitrogen and oxygen atoms in total. The fraction of sp³-hybridized carbons (Fsp3) is 0.533. The molecule has 0 saturated carbocycles. The van der Waals surface area contributed by atoms with Gasteiger partial charge in [0.15, 0.2) is 9.84 Å². The molecule has 0 aromatic heterocycles. The molecule has 0 bridgehead atoms. The summed E-state index contributed by atoms with van der Waals surface area (Å²) >= 11 is 0. The number of hydrogen-bond donors (Lipinski definition) is 1. The molecule has 1 atom stereocenters. The van der Waals surface area contributed by atoms with E-state index in [1.54, 1.807) is 12.1 Å². The lowest BCUT2D eigenvalue weighted by atomic mass is 9.92. The minimum atomic E-state index is -3.17. The SMILES string of the molecule is O=C(O)CC1CCN(C2CS(=O)(=O)c3ccccc32)CC1. The Hall–Kier alpha value is -1.40. The van der Waals surface area contributed by atoms with Gasteiger partial charge < -0.3 is 5.11 Å². The number of carboxylic acids is 1. The van der Waals surface area contributed by atoms with Crippen LogP contribution in [0.15, 0.2) is 29.2 Å². The monoisotopic (exact) mass is 309 g/mol. The molecule has 114 valence electrons. The molecule has 2 aliphatic heterocycles. The van der Waals surface area contributed by atoms with Gasteiger partial charge in [0.05, 0.1) is 16.7 Å². The van der Waals surface area contributed by atoms with Crippen molar-refractivity contribution in [3.8, 4) is 0 Å². The second kappa shape index (κ2) is 5.42. The molecule has 21 heavy (non-hydrogen) atoms. The lowest BCUT2D eigenvalue weighted by Gasteiger charge is -2.35. The summed E-state index contributed by atoms with van der Waals surface area (Å²) in [6, 6.07) is 7.15. The van der Waals surface area contributed by atoms with Gasteiger partial charge in [-0.2, -0.15) is 0 Å². The smallest absolute Gasteiger partial charge is 0.303 e. The van der Waals surface area contributed by atoms with E-state index in [0.29, 0.717) is 4.90 Å². The van der Waals surface area contributed by atoms with Crippen molar-refractivity contribution in [3.05, 3.63) is 29.8 Å². The molecule has 1 aromatic rings. The van der Waals surface area contributed by atoms with Gasteiger partial charge in [-0.05, 0) is 43.5 Å². The van der Waals surface area contributed by atoms with Crippen molar-refractivity contribution in [2.45, 2.75) is 30.2 Å². The van der Waals surface area contributed by atoms with Gasteiger partial charge in [-0.15, -0.1) is 0 Å². The van der Waals surface area contributed by atoms with E-state index in [1.807, 2.05) is 12.1 Å². The number of nitrogens with zero attached hydrogens (tertiary/aromatic N) is 1. The number of carbonyl (C=O) groups is 1. The van der Waals surface area contributed by atoms with Crippen LogP contribution in [0.4, 0.5) is 0 Å². The van der Waals surface area contributed by atoms with Crippen molar-refractivity contribution >= 4 is 15.8 Å². The molecule has 1 fully saturated rings. The van der Waals surface area contributed by atoms with E-state index < -0.39 is 15.8 Å². The number of aliphatic carboxylic acids is 1. The first-order valence-electron chi connectivity index (χ1n) is 7.25. The highest BCUT2D eigenvalue weighted by Gasteiger charge is 2.38. The van der Waals surface area contributed by atoms with Crippen LogP contribution in [0.3, 0.4) is 0 Å². The van der Waals surface area contributed by atoms with Crippen LogP contribution in [0.5, 0.6) is 0 Å². The normalized spacial score (nSPS) is 25.6. The van der Waals surface area contributed by atoms with E-state index in [9.17, 15) is 13.2 Å². The highest BCUT2D eigenvalue weighted by Crippen LogP contribution is 2.38. The van der Waals surface area contributed by atoms with Gasteiger partial charge in [0.1, 0.15) is 0 Å². The van der Waals surface area contributed by atoms with Crippen LogP contribution in [-0.4, -0.2) is 43.2 Å². The molecule has 1 unspecified atom stereocenters. The van der Waals surface area contributed by atoms with Crippen LogP contribution in [0.2, 0.25) is 0 Å².